The van der Waals surface area contributed by atoms with Crippen molar-refractivity contribution in [3.63, 3.8) is 0 Å². The van der Waals surface area contributed by atoms with Gasteiger partial charge in [-0.2, -0.15) is 0 Å². The normalized spacial score (nSPS) is 11.4. The summed E-state index contributed by atoms with van der Waals surface area (Å²) < 4.78 is 0.801. The molecule has 1 rings (SSSR count). The minimum absolute atomic E-state index is 0.628. The van der Waals surface area contributed by atoms with Crippen molar-refractivity contribution >= 4 is 17.7 Å². The van der Waals surface area contributed by atoms with E-state index in [1.807, 2.05) is 6.08 Å². The van der Waals surface area contributed by atoms with Crippen LogP contribution in [0.25, 0.3) is 6.08 Å². The summed E-state index contributed by atoms with van der Waals surface area (Å²) in [6.07, 6.45) is 1.85. The highest BCUT2D eigenvalue weighted by Gasteiger charge is 2.13. The van der Waals surface area contributed by atoms with Crippen LogP contribution in [0.1, 0.15) is 11.1 Å². The van der Waals surface area contributed by atoms with E-state index < -0.39 is 0 Å². The molecule has 0 aliphatic carbocycles. The molecule has 2 heteroatoms. The Labute approximate surface area is 91.2 Å². The number of alkyl halides is 1. The summed E-state index contributed by atoms with van der Waals surface area (Å²) in [4.78, 5) is 0. The van der Waals surface area contributed by atoms with Gasteiger partial charge in [0, 0.05) is 5.56 Å². The van der Waals surface area contributed by atoms with E-state index in [1.165, 1.54) is 5.56 Å². The number of hydrogen-bond acceptors (Lipinski definition) is 0. The molecule has 0 atom stereocenters. The molecule has 0 fully saturated rings. The molecule has 0 saturated carbocycles. The van der Waals surface area contributed by atoms with E-state index in [4.69, 9.17) is 11.6 Å². The zero-order valence-corrected chi connectivity index (χ0v) is 9.59. The van der Waals surface area contributed by atoms with Crippen LogP contribution >= 0.6 is 11.6 Å². The summed E-state index contributed by atoms with van der Waals surface area (Å²) in [5.74, 6) is 0. The van der Waals surface area contributed by atoms with Gasteiger partial charge >= 0.3 is 0 Å². The van der Waals surface area contributed by atoms with Gasteiger partial charge in [-0.15, -0.1) is 0 Å². The first kappa shape index (κ1) is 11.3. The third-order valence-corrected chi connectivity index (χ3v) is 2.80. The highest BCUT2D eigenvalue weighted by atomic mass is 35.5. The molecule has 0 N–H and O–H groups in total. The molecule has 0 aliphatic rings. The van der Waals surface area contributed by atoms with Gasteiger partial charge in [0.15, 0.2) is 6.00 Å². The van der Waals surface area contributed by atoms with Crippen LogP contribution in [0.4, 0.5) is 0 Å². The Kier molecular flexibility index (Phi) is 3.73. The summed E-state index contributed by atoms with van der Waals surface area (Å²) in [5, 5.41) is 0. The lowest BCUT2D eigenvalue weighted by Crippen LogP contribution is -2.37. The topological polar surface area (TPSA) is 0 Å². The predicted molar refractivity (Wildman–Crippen MR) is 63.1 cm³/mol. The molecule has 0 saturated heterocycles. The quantitative estimate of drug-likeness (QED) is 0.407. The summed E-state index contributed by atoms with van der Waals surface area (Å²) in [5.41, 5.74) is 2.46. The Morgan fingerprint density at radius 3 is 2.29 bits per heavy atom. The molecule has 0 unspecified atom stereocenters. The lowest BCUT2D eigenvalue weighted by Gasteiger charge is -2.26. The molecule has 1 aromatic rings. The Morgan fingerprint density at radius 1 is 1.29 bits per heavy atom. The summed E-state index contributed by atoms with van der Waals surface area (Å²) in [6.45, 7) is 4.69. The standard InChI is InChI=1S/C12H17ClN/c1-4-11-5-7-12(8-6-11)9-14(2,3)10-13/h4-8H,1,9-10H2,2-3H3/q+1. The first-order valence-corrected chi connectivity index (χ1v) is 5.20. The van der Waals surface area contributed by atoms with Gasteiger partial charge in [-0.3, -0.25) is 0 Å². The SMILES string of the molecule is C=Cc1ccc(C[N+](C)(C)CCl)cc1. The van der Waals surface area contributed by atoms with Crippen LogP contribution in [0.5, 0.6) is 0 Å². The molecule has 0 heterocycles. The van der Waals surface area contributed by atoms with E-state index in [0.29, 0.717) is 6.00 Å². The van der Waals surface area contributed by atoms with Crippen molar-refractivity contribution in [1.29, 1.82) is 0 Å². The third-order valence-electron chi connectivity index (χ3n) is 2.15. The van der Waals surface area contributed by atoms with Crippen molar-refractivity contribution in [3.05, 3.63) is 42.0 Å². The molecule has 1 aromatic carbocycles. The van der Waals surface area contributed by atoms with Crippen molar-refractivity contribution in [2.45, 2.75) is 6.54 Å². The molecule has 0 radical (unpaired) electrons. The maximum absolute atomic E-state index is 5.86. The molecule has 0 aromatic heterocycles. The molecular formula is C12H17ClN+. The van der Waals surface area contributed by atoms with Gasteiger partial charge in [-0.05, 0) is 5.56 Å². The number of quaternary nitrogens is 1. The van der Waals surface area contributed by atoms with E-state index in [9.17, 15) is 0 Å². The number of halogens is 1. The molecular weight excluding hydrogens is 194 g/mol. The van der Waals surface area contributed by atoms with Crippen molar-refractivity contribution in [3.8, 4) is 0 Å². The molecule has 76 valence electrons. The molecule has 0 spiro atoms. The second-order valence-electron chi connectivity index (χ2n) is 4.16. The fraction of sp³-hybridized carbons (Fsp3) is 0.333. The minimum atomic E-state index is 0.628. The summed E-state index contributed by atoms with van der Waals surface area (Å²) in [7, 11) is 4.24. The second kappa shape index (κ2) is 4.63. The Morgan fingerprint density at radius 2 is 1.86 bits per heavy atom. The van der Waals surface area contributed by atoms with Crippen LogP contribution in [0.3, 0.4) is 0 Å². The zero-order valence-electron chi connectivity index (χ0n) is 8.83. The summed E-state index contributed by atoms with van der Waals surface area (Å²) in [6, 6.07) is 9.05. The highest BCUT2D eigenvalue weighted by molar-refractivity contribution is 6.16. The van der Waals surface area contributed by atoms with Gasteiger partial charge < -0.3 is 4.48 Å². The van der Waals surface area contributed by atoms with Gasteiger partial charge in [-0.1, -0.05) is 48.5 Å². The second-order valence-corrected chi connectivity index (χ2v) is 4.40. The summed E-state index contributed by atoms with van der Waals surface area (Å²) >= 11 is 5.86. The first-order chi connectivity index (χ1) is 6.57. The van der Waals surface area contributed by atoms with Gasteiger partial charge in [0.1, 0.15) is 6.54 Å². The van der Waals surface area contributed by atoms with E-state index in [2.05, 4.69) is 44.9 Å². The fourth-order valence-corrected chi connectivity index (χ4v) is 1.38. The molecule has 14 heavy (non-hydrogen) atoms. The number of nitrogens with zero attached hydrogens (tertiary/aromatic N) is 1. The number of hydrogen-bond donors (Lipinski definition) is 0. The van der Waals surface area contributed by atoms with Crippen molar-refractivity contribution in [2.75, 3.05) is 20.1 Å². The monoisotopic (exact) mass is 210 g/mol. The molecule has 0 aliphatic heterocycles. The van der Waals surface area contributed by atoms with Crippen molar-refractivity contribution < 1.29 is 4.48 Å². The highest BCUT2D eigenvalue weighted by Crippen LogP contribution is 2.11. The average Bonchev–Trinajstić information content (AvgIpc) is 2.19. The van der Waals surface area contributed by atoms with Crippen LogP contribution in [0.15, 0.2) is 30.8 Å². The van der Waals surface area contributed by atoms with Crippen molar-refractivity contribution in [1.82, 2.24) is 0 Å². The smallest absolute Gasteiger partial charge is 0.154 e. The number of benzene rings is 1. The Bertz CT molecular complexity index is 301. The van der Waals surface area contributed by atoms with E-state index in [1.54, 1.807) is 0 Å². The van der Waals surface area contributed by atoms with Gasteiger partial charge in [0.2, 0.25) is 0 Å². The molecule has 0 bridgehead atoms. The maximum Gasteiger partial charge on any atom is 0.154 e. The van der Waals surface area contributed by atoms with Crippen LogP contribution in [0.2, 0.25) is 0 Å². The molecule has 0 amide bonds. The number of rotatable bonds is 4. The average molecular weight is 211 g/mol. The maximum atomic E-state index is 5.86. The largest absolute Gasteiger partial charge is 0.312 e. The van der Waals surface area contributed by atoms with E-state index in [0.717, 1.165) is 16.6 Å². The van der Waals surface area contributed by atoms with Crippen LogP contribution in [-0.2, 0) is 6.54 Å². The van der Waals surface area contributed by atoms with Crippen LogP contribution < -0.4 is 0 Å². The van der Waals surface area contributed by atoms with Crippen LogP contribution in [-0.4, -0.2) is 24.6 Å². The zero-order chi connectivity index (χ0) is 10.6. The van der Waals surface area contributed by atoms with Gasteiger partial charge in [0.05, 0.1) is 14.1 Å². The van der Waals surface area contributed by atoms with E-state index in [-0.39, 0.29) is 0 Å². The minimum Gasteiger partial charge on any atom is -0.312 e. The Hall–Kier alpha value is -0.790. The lowest BCUT2D eigenvalue weighted by atomic mass is 10.1. The fourth-order valence-electron chi connectivity index (χ4n) is 1.30. The van der Waals surface area contributed by atoms with Crippen LogP contribution in [0, 0.1) is 0 Å². The van der Waals surface area contributed by atoms with Gasteiger partial charge in [0.25, 0.3) is 0 Å². The Balaban J connectivity index is 2.73. The predicted octanol–water partition coefficient (Wildman–Crippen LogP) is 3.10. The van der Waals surface area contributed by atoms with Crippen molar-refractivity contribution in [2.24, 2.45) is 0 Å². The third kappa shape index (κ3) is 3.17. The lowest BCUT2D eigenvalue weighted by molar-refractivity contribution is -0.892. The molecule has 1 nitrogen and oxygen atoms in total. The van der Waals surface area contributed by atoms with Gasteiger partial charge in [-0.25, -0.2) is 0 Å². The first-order valence-electron chi connectivity index (χ1n) is 4.67. The van der Waals surface area contributed by atoms with E-state index >= 15 is 0 Å².